The molecular formula is C15H20O8S. The fourth-order valence-electron chi connectivity index (χ4n) is 2.33. The second kappa shape index (κ2) is 7.58. The van der Waals surface area contributed by atoms with Crippen molar-refractivity contribution in [1.29, 1.82) is 0 Å². The van der Waals surface area contributed by atoms with Gasteiger partial charge in [-0.15, -0.1) is 0 Å². The van der Waals surface area contributed by atoms with E-state index in [9.17, 15) is 23.4 Å². The lowest BCUT2D eigenvalue weighted by Crippen LogP contribution is -2.52. The van der Waals surface area contributed by atoms with Crippen LogP contribution >= 0.6 is 0 Å². The number of aliphatic hydroxyl groups is 2. The van der Waals surface area contributed by atoms with Crippen LogP contribution in [0.4, 0.5) is 0 Å². The van der Waals surface area contributed by atoms with E-state index in [1.807, 2.05) is 6.92 Å². The molecule has 0 saturated carbocycles. The van der Waals surface area contributed by atoms with Gasteiger partial charge in [-0.2, -0.15) is 8.42 Å². The molecule has 1 fully saturated rings. The molecular weight excluding hydrogens is 340 g/mol. The molecule has 0 unspecified atom stereocenters. The third kappa shape index (κ3) is 4.74. The average molecular weight is 360 g/mol. The number of carbonyl (C=O) groups excluding carboxylic acids is 1. The number of ether oxygens (including phenoxy) is 2. The molecule has 0 spiro atoms. The Morgan fingerprint density at radius 1 is 1.29 bits per heavy atom. The summed E-state index contributed by atoms with van der Waals surface area (Å²) in [5.74, 6) is -0.662. The quantitative estimate of drug-likeness (QED) is 0.560. The molecule has 1 saturated heterocycles. The van der Waals surface area contributed by atoms with Gasteiger partial charge < -0.3 is 19.7 Å². The molecule has 1 aromatic rings. The van der Waals surface area contributed by atoms with Crippen LogP contribution < -0.4 is 0 Å². The van der Waals surface area contributed by atoms with Gasteiger partial charge in [-0.25, -0.2) is 0 Å². The van der Waals surface area contributed by atoms with Crippen molar-refractivity contribution in [2.75, 3.05) is 6.61 Å². The van der Waals surface area contributed by atoms with Crippen molar-refractivity contribution in [3.05, 3.63) is 29.8 Å². The van der Waals surface area contributed by atoms with Gasteiger partial charge in [-0.1, -0.05) is 17.7 Å². The molecule has 0 aromatic heterocycles. The molecule has 0 aliphatic carbocycles. The van der Waals surface area contributed by atoms with E-state index in [2.05, 4.69) is 0 Å². The van der Waals surface area contributed by atoms with Gasteiger partial charge in [0.2, 0.25) is 0 Å². The predicted molar refractivity (Wildman–Crippen MR) is 81.4 cm³/mol. The van der Waals surface area contributed by atoms with E-state index < -0.39 is 47.3 Å². The Bertz CT molecular complexity index is 669. The van der Waals surface area contributed by atoms with Crippen LogP contribution in [0.25, 0.3) is 0 Å². The average Bonchev–Trinajstić information content (AvgIpc) is 2.48. The number of aliphatic hydroxyl groups excluding tert-OH is 2. The van der Waals surface area contributed by atoms with E-state index in [4.69, 9.17) is 13.7 Å². The number of aryl methyl sites for hydroxylation is 1. The monoisotopic (exact) mass is 360 g/mol. The molecule has 0 bridgehead atoms. The highest BCUT2D eigenvalue weighted by atomic mass is 32.2. The van der Waals surface area contributed by atoms with Crippen molar-refractivity contribution in [2.45, 2.75) is 49.8 Å². The van der Waals surface area contributed by atoms with Crippen molar-refractivity contribution in [1.82, 2.24) is 0 Å². The molecule has 9 heteroatoms. The van der Waals surface area contributed by atoms with Gasteiger partial charge in [0.1, 0.15) is 6.10 Å². The first-order valence-corrected chi connectivity index (χ1v) is 8.75. The minimum atomic E-state index is -4.05. The summed E-state index contributed by atoms with van der Waals surface area (Å²) >= 11 is 0. The highest BCUT2D eigenvalue weighted by Gasteiger charge is 2.40. The van der Waals surface area contributed by atoms with Crippen LogP contribution in [0.1, 0.15) is 18.9 Å². The summed E-state index contributed by atoms with van der Waals surface area (Å²) < 4.78 is 39.4. The van der Waals surface area contributed by atoms with Gasteiger partial charge in [0.15, 0.2) is 12.4 Å². The summed E-state index contributed by atoms with van der Waals surface area (Å²) in [6.45, 7) is 2.46. The molecule has 1 aromatic carbocycles. The Labute approximate surface area is 140 Å². The number of benzene rings is 1. The van der Waals surface area contributed by atoms with Gasteiger partial charge in [0.05, 0.1) is 17.6 Å². The minimum absolute atomic E-state index is 0.0333. The number of hydrogen-bond acceptors (Lipinski definition) is 8. The number of esters is 1. The molecule has 8 nitrogen and oxygen atoms in total. The molecule has 4 atom stereocenters. The standard InChI is InChI=1S/C15H20O8S/c1-9-3-5-11(6-4-9)24(19,20)21-8-13-15(22-10(2)16)12(17)7-14(18)23-13/h3-6,12-15,17-18H,7-8H2,1-2H3/t12-,13-,14+,15+/m1/s1. The summed E-state index contributed by atoms with van der Waals surface area (Å²) in [7, 11) is -4.05. The van der Waals surface area contributed by atoms with E-state index in [0.29, 0.717) is 0 Å². The zero-order valence-electron chi connectivity index (χ0n) is 13.3. The van der Waals surface area contributed by atoms with Crippen LogP contribution in [0.15, 0.2) is 29.2 Å². The predicted octanol–water partition coefficient (Wildman–Crippen LogP) is 0.100. The van der Waals surface area contributed by atoms with Crippen molar-refractivity contribution in [3.63, 3.8) is 0 Å². The fourth-order valence-corrected chi connectivity index (χ4v) is 3.25. The van der Waals surface area contributed by atoms with E-state index in [0.717, 1.165) is 12.5 Å². The van der Waals surface area contributed by atoms with Crippen molar-refractivity contribution in [3.8, 4) is 0 Å². The first kappa shape index (κ1) is 18.8. The van der Waals surface area contributed by atoms with Gasteiger partial charge in [0, 0.05) is 13.3 Å². The Hall–Kier alpha value is -1.52. The Morgan fingerprint density at radius 3 is 2.50 bits per heavy atom. The molecule has 0 radical (unpaired) electrons. The summed E-state index contributed by atoms with van der Waals surface area (Å²) in [6.07, 6.45) is -4.89. The van der Waals surface area contributed by atoms with Crippen LogP contribution in [-0.2, 0) is 28.6 Å². The lowest BCUT2D eigenvalue weighted by atomic mass is 10.0. The SMILES string of the molecule is CC(=O)O[C@H]1[C@H](O)C[C@@H](O)O[C@@H]1COS(=O)(=O)c1ccc(C)cc1. The second-order valence-electron chi connectivity index (χ2n) is 5.56. The Morgan fingerprint density at radius 2 is 1.92 bits per heavy atom. The van der Waals surface area contributed by atoms with Crippen molar-refractivity contribution in [2.24, 2.45) is 0 Å². The van der Waals surface area contributed by atoms with Crippen LogP contribution in [-0.4, -0.2) is 55.8 Å². The largest absolute Gasteiger partial charge is 0.457 e. The maximum absolute atomic E-state index is 12.2. The zero-order valence-corrected chi connectivity index (χ0v) is 14.1. The van der Waals surface area contributed by atoms with Crippen LogP contribution in [0.2, 0.25) is 0 Å². The molecule has 2 N–H and O–H groups in total. The van der Waals surface area contributed by atoms with Crippen LogP contribution in [0.3, 0.4) is 0 Å². The van der Waals surface area contributed by atoms with Gasteiger partial charge in [-0.05, 0) is 19.1 Å². The van der Waals surface area contributed by atoms with E-state index in [1.54, 1.807) is 12.1 Å². The molecule has 24 heavy (non-hydrogen) atoms. The Kier molecular flexibility index (Phi) is 5.94. The molecule has 1 aliphatic rings. The highest BCUT2D eigenvalue weighted by Crippen LogP contribution is 2.24. The highest BCUT2D eigenvalue weighted by molar-refractivity contribution is 7.86. The van der Waals surface area contributed by atoms with Gasteiger partial charge >= 0.3 is 5.97 Å². The van der Waals surface area contributed by atoms with E-state index in [-0.39, 0.29) is 11.3 Å². The number of rotatable bonds is 5. The molecule has 0 amide bonds. The summed E-state index contributed by atoms with van der Waals surface area (Å²) in [5.41, 5.74) is 0.894. The normalized spacial score (nSPS) is 27.7. The maximum atomic E-state index is 12.2. The van der Waals surface area contributed by atoms with Crippen LogP contribution in [0.5, 0.6) is 0 Å². The number of hydrogen-bond donors (Lipinski definition) is 2. The van der Waals surface area contributed by atoms with Gasteiger partial charge in [-0.3, -0.25) is 8.98 Å². The summed E-state index contributed by atoms with van der Waals surface area (Å²) in [5, 5.41) is 19.5. The minimum Gasteiger partial charge on any atom is -0.457 e. The van der Waals surface area contributed by atoms with Crippen molar-refractivity contribution >= 4 is 16.1 Å². The molecule has 134 valence electrons. The lowest BCUT2D eigenvalue weighted by Gasteiger charge is -2.36. The molecule has 2 rings (SSSR count). The fraction of sp³-hybridized carbons (Fsp3) is 0.533. The third-order valence-electron chi connectivity index (χ3n) is 3.52. The maximum Gasteiger partial charge on any atom is 0.303 e. The van der Waals surface area contributed by atoms with E-state index in [1.165, 1.54) is 12.1 Å². The van der Waals surface area contributed by atoms with E-state index >= 15 is 0 Å². The molecule has 1 aliphatic heterocycles. The number of carbonyl (C=O) groups is 1. The smallest absolute Gasteiger partial charge is 0.303 e. The Balaban J connectivity index is 2.09. The van der Waals surface area contributed by atoms with Crippen molar-refractivity contribution < 1.29 is 37.1 Å². The second-order valence-corrected chi connectivity index (χ2v) is 7.17. The van der Waals surface area contributed by atoms with Gasteiger partial charge in [0.25, 0.3) is 10.1 Å². The summed E-state index contributed by atoms with van der Waals surface area (Å²) in [4.78, 5) is 11.1. The third-order valence-corrected chi connectivity index (χ3v) is 4.82. The zero-order chi connectivity index (χ0) is 17.9. The molecule has 1 heterocycles. The first-order chi connectivity index (χ1) is 11.2. The van der Waals surface area contributed by atoms with Crippen LogP contribution in [0, 0.1) is 6.92 Å². The topological polar surface area (TPSA) is 119 Å². The first-order valence-electron chi connectivity index (χ1n) is 7.34. The summed E-state index contributed by atoms with van der Waals surface area (Å²) in [6, 6.07) is 6.06. The lowest BCUT2D eigenvalue weighted by molar-refractivity contribution is -0.244.